The molecule has 0 unspecified atom stereocenters. The van der Waals surface area contributed by atoms with E-state index in [1.807, 2.05) is 29.0 Å². The molecule has 1 heterocycles. The van der Waals surface area contributed by atoms with E-state index in [4.69, 9.17) is 5.73 Å². The van der Waals surface area contributed by atoms with E-state index < -0.39 is 0 Å². The van der Waals surface area contributed by atoms with Crippen molar-refractivity contribution in [3.05, 3.63) is 59.9 Å². The molecule has 1 aromatic carbocycles. The molecule has 0 fully saturated rings. The third-order valence-corrected chi connectivity index (χ3v) is 2.63. The molecule has 4 nitrogen and oxygen atoms in total. The van der Waals surface area contributed by atoms with Crippen LogP contribution in [0.25, 0.3) is 0 Å². The fourth-order valence-corrected chi connectivity index (χ4v) is 1.78. The molecule has 0 spiro atoms. The molecule has 0 saturated carbocycles. The molecule has 1 aromatic heterocycles. The highest BCUT2D eigenvalue weighted by atomic mass is 15.4. The number of rotatable bonds is 5. The molecular weight excluding hydrogens is 212 g/mol. The van der Waals surface area contributed by atoms with Crippen molar-refractivity contribution in [2.45, 2.75) is 19.5 Å². The highest BCUT2D eigenvalue weighted by molar-refractivity contribution is 5.24. The van der Waals surface area contributed by atoms with Gasteiger partial charge in [0.1, 0.15) is 0 Å². The zero-order chi connectivity index (χ0) is 12.1. The van der Waals surface area contributed by atoms with Gasteiger partial charge in [0, 0.05) is 13.0 Å². The number of nitrogens with zero attached hydrogens (tertiary/aromatic N) is 3. The summed E-state index contributed by atoms with van der Waals surface area (Å²) >= 11 is 0. The van der Waals surface area contributed by atoms with Gasteiger partial charge in [-0.2, -0.15) is 0 Å². The van der Waals surface area contributed by atoms with Crippen LogP contribution in [0.1, 0.15) is 17.0 Å². The van der Waals surface area contributed by atoms with Crippen molar-refractivity contribution in [1.29, 1.82) is 0 Å². The van der Waals surface area contributed by atoms with E-state index in [0.717, 1.165) is 17.8 Å². The number of nitrogens with two attached hydrogens (primary N) is 1. The first-order chi connectivity index (χ1) is 8.35. The van der Waals surface area contributed by atoms with Crippen LogP contribution in [-0.2, 0) is 19.5 Å². The SMILES string of the molecule is C=CCn1nnc(CN)c1Cc1ccccc1. The number of benzene rings is 1. The lowest BCUT2D eigenvalue weighted by atomic mass is 10.1. The monoisotopic (exact) mass is 228 g/mol. The van der Waals surface area contributed by atoms with E-state index in [-0.39, 0.29) is 0 Å². The summed E-state index contributed by atoms with van der Waals surface area (Å²) in [4.78, 5) is 0. The Kier molecular flexibility index (Phi) is 3.67. The third-order valence-electron chi connectivity index (χ3n) is 2.63. The molecule has 88 valence electrons. The lowest BCUT2D eigenvalue weighted by molar-refractivity contribution is 0.637. The smallest absolute Gasteiger partial charge is 0.0998 e. The summed E-state index contributed by atoms with van der Waals surface area (Å²) in [5.41, 5.74) is 8.83. The standard InChI is InChI=1S/C13H16N4/c1-2-8-17-13(12(10-14)15-16-17)9-11-6-4-3-5-7-11/h2-7H,1,8-10,14H2. The zero-order valence-electron chi connectivity index (χ0n) is 9.71. The second kappa shape index (κ2) is 5.41. The highest BCUT2D eigenvalue weighted by Gasteiger charge is 2.11. The van der Waals surface area contributed by atoms with E-state index in [2.05, 4.69) is 29.0 Å². The fourth-order valence-electron chi connectivity index (χ4n) is 1.78. The first-order valence-corrected chi connectivity index (χ1v) is 5.61. The van der Waals surface area contributed by atoms with Gasteiger partial charge in [0.2, 0.25) is 0 Å². The Labute approximate surface area is 101 Å². The number of hydrogen-bond acceptors (Lipinski definition) is 3. The summed E-state index contributed by atoms with van der Waals surface area (Å²) < 4.78 is 1.85. The van der Waals surface area contributed by atoms with Gasteiger partial charge in [-0.05, 0) is 5.56 Å². The molecule has 2 rings (SSSR count). The summed E-state index contributed by atoms with van der Waals surface area (Å²) in [5.74, 6) is 0. The second-order valence-corrected chi connectivity index (χ2v) is 3.82. The first kappa shape index (κ1) is 11.5. The molecule has 17 heavy (non-hydrogen) atoms. The van der Waals surface area contributed by atoms with Gasteiger partial charge < -0.3 is 5.73 Å². The van der Waals surface area contributed by atoms with Gasteiger partial charge in [-0.3, -0.25) is 0 Å². The van der Waals surface area contributed by atoms with Gasteiger partial charge in [-0.15, -0.1) is 11.7 Å². The zero-order valence-corrected chi connectivity index (χ0v) is 9.71. The fraction of sp³-hybridized carbons (Fsp3) is 0.231. The van der Waals surface area contributed by atoms with Crippen molar-refractivity contribution in [3.63, 3.8) is 0 Å². The molecule has 0 radical (unpaired) electrons. The summed E-state index contributed by atoms with van der Waals surface area (Å²) in [6.07, 6.45) is 2.61. The topological polar surface area (TPSA) is 56.7 Å². The van der Waals surface area contributed by atoms with Crippen molar-refractivity contribution >= 4 is 0 Å². The summed E-state index contributed by atoms with van der Waals surface area (Å²) in [6, 6.07) is 10.2. The van der Waals surface area contributed by atoms with Crippen molar-refractivity contribution in [2.75, 3.05) is 0 Å². The molecule has 0 aliphatic carbocycles. The summed E-state index contributed by atoms with van der Waals surface area (Å²) in [7, 11) is 0. The normalized spacial score (nSPS) is 10.4. The third kappa shape index (κ3) is 2.60. The summed E-state index contributed by atoms with van der Waals surface area (Å²) in [5, 5.41) is 8.18. The lowest BCUT2D eigenvalue weighted by Crippen LogP contribution is -2.07. The van der Waals surface area contributed by atoms with Crippen molar-refractivity contribution in [1.82, 2.24) is 15.0 Å². The van der Waals surface area contributed by atoms with Crippen LogP contribution in [-0.4, -0.2) is 15.0 Å². The van der Waals surface area contributed by atoms with E-state index in [1.165, 1.54) is 5.56 Å². The molecule has 0 aliphatic rings. The number of aromatic nitrogens is 3. The largest absolute Gasteiger partial charge is 0.325 e. The highest BCUT2D eigenvalue weighted by Crippen LogP contribution is 2.12. The van der Waals surface area contributed by atoms with Crippen LogP contribution in [0.3, 0.4) is 0 Å². The minimum Gasteiger partial charge on any atom is -0.325 e. The van der Waals surface area contributed by atoms with Gasteiger partial charge in [-0.25, -0.2) is 4.68 Å². The molecule has 0 bridgehead atoms. The predicted octanol–water partition coefficient (Wildman–Crippen LogP) is 1.51. The van der Waals surface area contributed by atoms with Gasteiger partial charge in [0.15, 0.2) is 0 Å². The summed E-state index contributed by atoms with van der Waals surface area (Å²) in [6.45, 7) is 4.80. The maximum absolute atomic E-state index is 5.67. The average Bonchev–Trinajstić information content (AvgIpc) is 2.74. The van der Waals surface area contributed by atoms with E-state index >= 15 is 0 Å². The quantitative estimate of drug-likeness (QED) is 0.789. The van der Waals surface area contributed by atoms with Crippen LogP contribution in [0.2, 0.25) is 0 Å². The van der Waals surface area contributed by atoms with E-state index in [9.17, 15) is 0 Å². The van der Waals surface area contributed by atoms with Crippen molar-refractivity contribution < 1.29 is 0 Å². The van der Waals surface area contributed by atoms with Gasteiger partial charge >= 0.3 is 0 Å². The predicted molar refractivity (Wildman–Crippen MR) is 67.4 cm³/mol. The van der Waals surface area contributed by atoms with Crippen LogP contribution in [0.5, 0.6) is 0 Å². The van der Waals surface area contributed by atoms with Crippen LogP contribution in [0, 0.1) is 0 Å². The van der Waals surface area contributed by atoms with Crippen LogP contribution < -0.4 is 5.73 Å². The molecule has 0 amide bonds. The van der Waals surface area contributed by atoms with Crippen LogP contribution in [0.15, 0.2) is 43.0 Å². The van der Waals surface area contributed by atoms with Crippen LogP contribution >= 0.6 is 0 Å². The Hall–Kier alpha value is -1.94. The van der Waals surface area contributed by atoms with Gasteiger partial charge in [-0.1, -0.05) is 41.6 Å². The van der Waals surface area contributed by atoms with Gasteiger partial charge in [0.25, 0.3) is 0 Å². The lowest BCUT2D eigenvalue weighted by Gasteiger charge is -2.05. The average molecular weight is 228 g/mol. The molecule has 4 heteroatoms. The van der Waals surface area contributed by atoms with Gasteiger partial charge in [0.05, 0.1) is 17.9 Å². The van der Waals surface area contributed by atoms with Crippen molar-refractivity contribution in [2.24, 2.45) is 5.73 Å². The first-order valence-electron chi connectivity index (χ1n) is 5.61. The minimum atomic E-state index is 0.416. The molecular formula is C13H16N4. The molecule has 2 aromatic rings. The van der Waals surface area contributed by atoms with E-state index in [1.54, 1.807) is 0 Å². The molecule has 2 N–H and O–H groups in total. The Morgan fingerprint density at radius 3 is 2.71 bits per heavy atom. The Morgan fingerprint density at radius 2 is 2.06 bits per heavy atom. The van der Waals surface area contributed by atoms with E-state index in [0.29, 0.717) is 13.1 Å². The Morgan fingerprint density at radius 1 is 1.29 bits per heavy atom. The molecule has 0 aliphatic heterocycles. The van der Waals surface area contributed by atoms with Crippen molar-refractivity contribution in [3.8, 4) is 0 Å². The number of hydrogen-bond donors (Lipinski definition) is 1. The molecule has 0 saturated heterocycles. The van der Waals surface area contributed by atoms with Crippen LogP contribution in [0.4, 0.5) is 0 Å². The Bertz CT molecular complexity index is 487. The Balaban J connectivity index is 2.29. The maximum atomic E-state index is 5.67. The molecule has 0 atom stereocenters. The maximum Gasteiger partial charge on any atom is 0.0998 e. The second-order valence-electron chi connectivity index (χ2n) is 3.82. The minimum absolute atomic E-state index is 0.416. The number of allylic oxidation sites excluding steroid dienone is 1.